The minimum atomic E-state index is -0.337. The SMILES string of the molecule is CCN(CC)CCNC(=O)c1cc(NC(=O)Nc2ccc(SC)cc2)ccc1N1CCCCC1. The van der Waals surface area contributed by atoms with Crippen LogP contribution in [-0.2, 0) is 0 Å². The van der Waals surface area contributed by atoms with Gasteiger partial charge in [0, 0.05) is 48.1 Å². The first kappa shape index (κ1) is 25.9. The zero-order valence-electron chi connectivity index (χ0n) is 20.5. The Labute approximate surface area is 207 Å². The number of anilines is 3. The number of hydrogen-bond donors (Lipinski definition) is 3. The predicted molar refractivity (Wildman–Crippen MR) is 143 cm³/mol. The number of piperidine rings is 1. The third-order valence-electron chi connectivity index (χ3n) is 6.15. The summed E-state index contributed by atoms with van der Waals surface area (Å²) in [5.74, 6) is -0.107. The van der Waals surface area contributed by atoms with Crippen LogP contribution in [0.25, 0.3) is 0 Å². The maximum absolute atomic E-state index is 13.2. The van der Waals surface area contributed by atoms with Crippen LogP contribution in [0.15, 0.2) is 47.4 Å². The first-order valence-electron chi connectivity index (χ1n) is 12.2. The molecule has 2 aromatic rings. The summed E-state index contributed by atoms with van der Waals surface area (Å²) in [5.41, 5.74) is 2.84. The number of rotatable bonds is 10. The molecule has 0 atom stereocenters. The van der Waals surface area contributed by atoms with E-state index in [2.05, 4.69) is 39.6 Å². The van der Waals surface area contributed by atoms with E-state index in [1.807, 2.05) is 42.7 Å². The Morgan fingerprint density at radius 1 is 0.941 bits per heavy atom. The van der Waals surface area contributed by atoms with Crippen molar-refractivity contribution in [2.24, 2.45) is 0 Å². The van der Waals surface area contributed by atoms with Gasteiger partial charge in [-0.05, 0) is 81.1 Å². The second-order valence-corrected chi connectivity index (χ2v) is 9.25. The van der Waals surface area contributed by atoms with Crippen LogP contribution >= 0.6 is 11.8 Å². The molecule has 1 aliphatic heterocycles. The van der Waals surface area contributed by atoms with Crippen LogP contribution in [0.1, 0.15) is 43.5 Å². The summed E-state index contributed by atoms with van der Waals surface area (Å²) in [5, 5.41) is 8.80. The second-order valence-electron chi connectivity index (χ2n) is 8.37. The monoisotopic (exact) mass is 483 g/mol. The number of hydrogen-bond acceptors (Lipinski definition) is 5. The van der Waals surface area contributed by atoms with E-state index in [9.17, 15) is 9.59 Å². The Bertz CT molecular complexity index is 941. The van der Waals surface area contributed by atoms with Gasteiger partial charge in [0.1, 0.15) is 0 Å². The number of nitrogens with one attached hydrogen (secondary N) is 3. The van der Waals surface area contributed by atoms with E-state index in [1.54, 1.807) is 17.8 Å². The van der Waals surface area contributed by atoms with E-state index < -0.39 is 0 Å². The molecule has 1 heterocycles. The number of carbonyl (C=O) groups excluding carboxylic acids is 2. The molecule has 3 N–H and O–H groups in total. The lowest BCUT2D eigenvalue weighted by molar-refractivity contribution is 0.0949. The smallest absolute Gasteiger partial charge is 0.323 e. The molecule has 0 aromatic heterocycles. The van der Waals surface area contributed by atoms with E-state index >= 15 is 0 Å². The van der Waals surface area contributed by atoms with Crippen molar-refractivity contribution < 1.29 is 9.59 Å². The van der Waals surface area contributed by atoms with Gasteiger partial charge in [0.15, 0.2) is 0 Å². The fourth-order valence-electron chi connectivity index (χ4n) is 4.14. The highest BCUT2D eigenvalue weighted by Gasteiger charge is 2.20. The Balaban J connectivity index is 1.72. The van der Waals surface area contributed by atoms with E-state index in [1.165, 1.54) is 6.42 Å². The Morgan fingerprint density at radius 2 is 1.59 bits per heavy atom. The molecule has 1 saturated heterocycles. The van der Waals surface area contributed by atoms with Crippen molar-refractivity contribution in [3.8, 4) is 0 Å². The van der Waals surface area contributed by atoms with E-state index in [4.69, 9.17) is 0 Å². The molecule has 3 amide bonds. The fourth-order valence-corrected chi connectivity index (χ4v) is 4.54. The Morgan fingerprint density at radius 3 is 2.24 bits per heavy atom. The maximum Gasteiger partial charge on any atom is 0.323 e. The highest BCUT2D eigenvalue weighted by molar-refractivity contribution is 7.98. The lowest BCUT2D eigenvalue weighted by atomic mass is 10.1. The van der Waals surface area contributed by atoms with Gasteiger partial charge in [-0.15, -0.1) is 11.8 Å². The molecule has 34 heavy (non-hydrogen) atoms. The molecular weight excluding hydrogens is 446 g/mol. The molecule has 0 saturated carbocycles. The number of amides is 3. The summed E-state index contributed by atoms with van der Waals surface area (Å²) < 4.78 is 0. The molecule has 8 heteroatoms. The third kappa shape index (κ3) is 7.40. The lowest BCUT2D eigenvalue weighted by Gasteiger charge is -2.30. The molecule has 0 aliphatic carbocycles. The van der Waals surface area contributed by atoms with Crippen molar-refractivity contribution in [2.45, 2.75) is 38.0 Å². The average Bonchev–Trinajstić information content (AvgIpc) is 2.87. The number of benzene rings is 2. The maximum atomic E-state index is 13.2. The van der Waals surface area contributed by atoms with Crippen molar-refractivity contribution in [1.29, 1.82) is 0 Å². The van der Waals surface area contributed by atoms with Crippen LogP contribution in [0.3, 0.4) is 0 Å². The normalized spacial score (nSPS) is 13.6. The molecule has 0 radical (unpaired) electrons. The standard InChI is InChI=1S/C26H37N5O2S/c1-4-30(5-2)18-15-27-25(32)23-19-21(11-14-24(23)31-16-7-6-8-17-31)29-26(33)28-20-9-12-22(34-3)13-10-20/h9-14,19H,4-8,15-18H2,1-3H3,(H,27,32)(H2,28,29,33). The van der Waals surface area contributed by atoms with Gasteiger partial charge in [0.05, 0.1) is 5.56 Å². The van der Waals surface area contributed by atoms with Gasteiger partial charge in [-0.1, -0.05) is 13.8 Å². The molecule has 0 unspecified atom stereocenters. The quantitative estimate of drug-likeness (QED) is 0.409. The van der Waals surface area contributed by atoms with Crippen LogP contribution in [-0.4, -0.2) is 62.4 Å². The van der Waals surface area contributed by atoms with Crippen LogP contribution in [0.2, 0.25) is 0 Å². The number of urea groups is 1. The van der Waals surface area contributed by atoms with Gasteiger partial charge < -0.3 is 25.8 Å². The summed E-state index contributed by atoms with van der Waals surface area (Å²) >= 11 is 1.65. The fraction of sp³-hybridized carbons (Fsp3) is 0.462. The minimum absolute atomic E-state index is 0.107. The molecule has 2 aromatic carbocycles. The van der Waals surface area contributed by atoms with Gasteiger partial charge in [-0.2, -0.15) is 0 Å². The van der Waals surface area contributed by atoms with Gasteiger partial charge in [0.2, 0.25) is 0 Å². The topological polar surface area (TPSA) is 76.7 Å². The number of nitrogens with zero attached hydrogens (tertiary/aromatic N) is 2. The van der Waals surface area contributed by atoms with Crippen molar-refractivity contribution in [1.82, 2.24) is 10.2 Å². The highest BCUT2D eigenvalue weighted by Crippen LogP contribution is 2.27. The first-order chi connectivity index (χ1) is 16.5. The van der Waals surface area contributed by atoms with Crippen LogP contribution < -0.4 is 20.9 Å². The van der Waals surface area contributed by atoms with Crippen molar-refractivity contribution in [2.75, 3.05) is 61.1 Å². The molecule has 184 valence electrons. The Kier molecular flexibility index (Phi) is 10.1. The average molecular weight is 484 g/mol. The molecular formula is C26H37N5O2S. The molecule has 3 rings (SSSR count). The number of carbonyl (C=O) groups is 2. The number of thioether (sulfide) groups is 1. The van der Waals surface area contributed by atoms with E-state index in [0.29, 0.717) is 17.8 Å². The van der Waals surface area contributed by atoms with Gasteiger partial charge in [-0.3, -0.25) is 4.79 Å². The summed E-state index contributed by atoms with van der Waals surface area (Å²) in [4.78, 5) is 31.4. The van der Waals surface area contributed by atoms with Crippen molar-refractivity contribution in [3.63, 3.8) is 0 Å². The highest BCUT2D eigenvalue weighted by atomic mass is 32.2. The Hall–Kier alpha value is -2.71. The van der Waals surface area contributed by atoms with Crippen molar-refractivity contribution >= 4 is 40.8 Å². The third-order valence-corrected chi connectivity index (χ3v) is 6.90. The van der Waals surface area contributed by atoms with Crippen LogP contribution in [0.4, 0.5) is 21.9 Å². The van der Waals surface area contributed by atoms with Crippen molar-refractivity contribution in [3.05, 3.63) is 48.0 Å². The molecule has 1 aliphatic rings. The second kappa shape index (κ2) is 13.2. The summed E-state index contributed by atoms with van der Waals surface area (Å²) in [6, 6.07) is 12.9. The van der Waals surface area contributed by atoms with Gasteiger partial charge in [0.25, 0.3) is 5.91 Å². The molecule has 0 spiro atoms. The minimum Gasteiger partial charge on any atom is -0.371 e. The molecule has 0 bridgehead atoms. The summed E-state index contributed by atoms with van der Waals surface area (Å²) in [6.45, 7) is 9.45. The summed E-state index contributed by atoms with van der Waals surface area (Å²) in [7, 11) is 0. The predicted octanol–water partition coefficient (Wildman–Crippen LogP) is 5.11. The number of likely N-dealkylation sites (N-methyl/N-ethyl adjacent to an activating group) is 1. The van der Waals surface area contributed by atoms with Crippen LogP contribution in [0.5, 0.6) is 0 Å². The van der Waals surface area contributed by atoms with Crippen LogP contribution in [0, 0.1) is 0 Å². The van der Waals surface area contributed by atoms with E-state index in [0.717, 1.165) is 61.8 Å². The first-order valence-corrected chi connectivity index (χ1v) is 13.4. The van der Waals surface area contributed by atoms with Gasteiger partial charge in [-0.25, -0.2) is 4.79 Å². The largest absolute Gasteiger partial charge is 0.371 e. The lowest BCUT2D eigenvalue weighted by Crippen LogP contribution is -2.36. The molecule has 1 fully saturated rings. The van der Waals surface area contributed by atoms with Gasteiger partial charge >= 0.3 is 6.03 Å². The zero-order valence-corrected chi connectivity index (χ0v) is 21.3. The zero-order chi connectivity index (χ0) is 24.3. The summed E-state index contributed by atoms with van der Waals surface area (Å²) in [6.07, 6.45) is 5.49. The van der Waals surface area contributed by atoms with E-state index in [-0.39, 0.29) is 11.9 Å². The molecule has 7 nitrogen and oxygen atoms in total.